The van der Waals surface area contributed by atoms with E-state index < -0.39 is 0 Å². The summed E-state index contributed by atoms with van der Waals surface area (Å²) in [5.41, 5.74) is 6.90. The largest absolute Gasteiger partial charge is 0.330 e. The molecule has 0 bridgehead atoms. The summed E-state index contributed by atoms with van der Waals surface area (Å²) >= 11 is 1.77. The topological polar surface area (TPSA) is 38.9 Å². The van der Waals surface area contributed by atoms with Gasteiger partial charge in [0.25, 0.3) is 0 Å². The normalized spacial score (nSPS) is 12.6. The highest BCUT2D eigenvalue weighted by molar-refractivity contribution is 7.10. The van der Waals surface area contributed by atoms with E-state index in [0.717, 1.165) is 12.1 Å². The number of thiophene rings is 1. The predicted molar refractivity (Wildman–Crippen MR) is 64.1 cm³/mol. The maximum atomic E-state index is 5.79. The predicted octanol–water partition coefficient (Wildman–Crippen LogP) is 2.43. The van der Waals surface area contributed by atoms with Crippen molar-refractivity contribution >= 4 is 11.3 Å². The molecule has 0 fully saturated rings. The van der Waals surface area contributed by atoms with E-state index in [0.29, 0.717) is 12.5 Å². The quantitative estimate of drug-likeness (QED) is 0.856. The van der Waals surface area contributed by atoms with Crippen LogP contribution in [0.3, 0.4) is 0 Å². The van der Waals surface area contributed by atoms with Gasteiger partial charge in [-0.2, -0.15) is 0 Å². The van der Waals surface area contributed by atoms with Crippen LogP contribution in [0.2, 0.25) is 0 Å². The Kier molecular flexibility index (Phi) is 3.48. The third-order valence-corrected chi connectivity index (χ3v) is 3.45. The summed E-state index contributed by atoms with van der Waals surface area (Å²) in [5.74, 6) is 0.403. The number of aromatic nitrogens is 1. The van der Waals surface area contributed by atoms with Crippen molar-refractivity contribution in [3.8, 4) is 0 Å². The molecule has 15 heavy (non-hydrogen) atoms. The lowest BCUT2D eigenvalue weighted by Crippen LogP contribution is -2.14. The average Bonchev–Trinajstić information content (AvgIpc) is 2.81. The van der Waals surface area contributed by atoms with Crippen LogP contribution in [0.1, 0.15) is 16.5 Å². The minimum atomic E-state index is 0.403. The fourth-order valence-corrected chi connectivity index (χ4v) is 2.44. The molecular weight excluding hydrogens is 204 g/mol. The SMILES string of the molecule is NCC(Cc1ccccn1)c1cccs1. The second kappa shape index (κ2) is 5.05. The molecule has 0 aromatic carbocycles. The smallest absolute Gasteiger partial charge is 0.0410 e. The maximum absolute atomic E-state index is 5.79. The highest BCUT2D eigenvalue weighted by Gasteiger charge is 2.11. The number of pyridine rings is 1. The number of rotatable bonds is 4. The summed E-state index contributed by atoms with van der Waals surface area (Å²) in [4.78, 5) is 5.68. The van der Waals surface area contributed by atoms with Crippen molar-refractivity contribution in [1.29, 1.82) is 0 Å². The highest BCUT2D eigenvalue weighted by Crippen LogP contribution is 2.23. The molecule has 2 heterocycles. The van der Waals surface area contributed by atoms with E-state index in [1.165, 1.54) is 4.88 Å². The van der Waals surface area contributed by atoms with Crippen LogP contribution in [0.4, 0.5) is 0 Å². The zero-order valence-electron chi connectivity index (χ0n) is 8.47. The Hall–Kier alpha value is -1.19. The number of hydrogen-bond acceptors (Lipinski definition) is 3. The standard InChI is InChI=1S/C12H14N2S/c13-9-10(12-5-3-7-15-12)8-11-4-1-2-6-14-11/h1-7,10H,8-9,13H2. The average molecular weight is 218 g/mol. The van der Waals surface area contributed by atoms with E-state index in [4.69, 9.17) is 5.73 Å². The molecule has 2 N–H and O–H groups in total. The van der Waals surface area contributed by atoms with Gasteiger partial charge in [-0.25, -0.2) is 0 Å². The Morgan fingerprint density at radius 1 is 1.27 bits per heavy atom. The Morgan fingerprint density at radius 3 is 2.80 bits per heavy atom. The Morgan fingerprint density at radius 2 is 2.20 bits per heavy atom. The summed E-state index contributed by atoms with van der Waals surface area (Å²) in [5, 5.41) is 2.09. The Labute approximate surface area is 93.8 Å². The first-order chi connectivity index (χ1) is 7.40. The van der Waals surface area contributed by atoms with E-state index in [2.05, 4.69) is 28.6 Å². The Balaban J connectivity index is 2.10. The van der Waals surface area contributed by atoms with Crippen molar-refractivity contribution in [2.24, 2.45) is 5.73 Å². The highest BCUT2D eigenvalue weighted by atomic mass is 32.1. The molecule has 0 spiro atoms. The van der Waals surface area contributed by atoms with E-state index >= 15 is 0 Å². The number of hydrogen-bond donors (Lipinski definition) is 1. The molecule has 1 atom stereocenters. The lowest BCUT2D eigenvalue weighted by molar-refractivity contribution is 0.694. The minimum absolute atomic E-state index is 0.403. The molecule has 2 nitrogen and oxygen atoms in total. The molecule has 0 amide bonds. The molecular formula is C12H14N2S. The lowest BCUT2D eigenvalue weighted by atomic mass is 10.0. The van der Waals surface area contributed by atoms with Gasteiger partial charge in [0.15, 0.2) is 0 Å². The van der Waals surface area contributed by atoms with Gasteiger partial charge < -0.3 is 5.73 Å². The minimum Gasteiger partial charge on any atom is -0.330 e. The van der Waals surface area contributed by atoms with Gasteiger partial charge in [-0.15, -0.1) is 11.3 Å². The van der Waals surface area contributed by atoms with E-state index in [1.807, 2.05) is 18.3 Å². The summed E-state index contributed by atoms with van der Waals surface area (Å²) in [6, 6.07) is 10.2. The molecule has 0 radical (unpaired) electrons. The summed E-state index contributed by atoms with van der Waals surface area (Å²) in [6.07, 6.45) is 2.76. The van der Waals surface area contributed by atoms with Crippen molar-refractivity contribution in [2.45, 2.75) is 12.3 Å². The fraction of sp³-hybridized carbons (Fsp3) is 0.250. The third-order valence-electron chi connectivity index (χ3n) is 2.41. The van der Waals surface area contributed by atoms with Crippen LogP contribution in [-0.4, -0.2) is 11.5 Å². The van der Waals surface area contributed by atoms with Gasteiger partial charge in [0, 0.05) is 29.2 Å². The van der Waals surface area contributed by atoms with Gasteiger partial charge in [-0.1, -0.05) is 12.1 Å². The van der Waals surface area contributed by atoms with Gasteiger partial charge in [-0.05, 0) is 30.0 Å². The van der Waals surface area contributed by atoms with Gasteiger partial charge in [-0.3, -0.25) is 4.98 Å². The van der Waals surface area contributed by atoms with Gasteiger partial charge in [0.1, 0.15) is 0 Å². The van der Waals surface area contributed by atoms with Crippen LogP contribution in [0.25, 0.3) is 0 Å². The first-order valence-corrected chi connectivity index (χ1v) is 5.91. The number of nitrogens with zero attached hydrogens (tertiary/aromatic N) is 1. The second-order valence-corrected chi connectivity index (χ2v) is 4.45. The molecule has 0 aliphatic carbocycles. The molecule has 3 heteroatoms. The maximum Gasteiger partial charge on any atom is 0.0410 e. The van der Waals surface area contributed by atoms with Crippen molar-refractivity contribution in [3.05, 3.63) is 52.5 Å². The van der Waals surface area contributed by atoms with Gasteiger partial charge >= 0.3 is 0 Å². The van der Waals surface area contributed by atoms with Crippen LogP contribution < -0.4 is 5.73 Å². The first kappa shape index (κ1) is 10.3. The van der Waals surface area contributed by atoms with Crippen molar-refractivity contribution in [1.82, 2.24) is 4.98 Å². The first-order valence-electron chi connectivity index (χ1n) is 5.03. The summed E-state index contributed by atoms with van der Waals surface area (Å²) < 4.78 is 0. The monoisotopic (exact) mass is 218 g/mol. The van der Waals surface area contributed by atoms with Crippen LogP contribution in [0.5, 0.6) is 0 Å². The number of nitrogens with two attached hydrogens (primary N) is 1. The van der Waals surface area contributed by atoms with Crippen LogP contribution >= 0.6 is 11.3 Å². The summed E-state index contributed by atoms with van der Waals surface area (Å²) in [6.45, 7) is 0.678. The van der Waals surface area contributed by atoms with Crippen LogP contribution in [0, 0.1) is 0 Å². The van der Waals surface area contributed by atoms with E-state index in [-0.39, 0.29) is 0 Å². The van der Waals surface area contributed by atoms with Crippen molar-refractivity contribution in [3.63, 3.8) is 0 Å². The summed E-state index contributed by atoms with van der Waals surface area (Å²) in [7, 11) is 0. The molecule has 2 aromatic heterocycles. The third kappa shape index (κ3) is 2.64. The Bertz CT molecular complexity index is 383. The molecule has 2 aromatic rings. The second-order valence-electron chi connectivity index (χ2n) is 3.47. The van der Waals surface area contributed by atoms with Crippen LogP contribution in [-0.2, 0) is 6.42 Å². The van der Waals surface area contributed by atoms with Gasteiger partial charge in [0.05, 0.1) is 0 Å². The van der Waals surface area contributed by atoms with Crippen molar-refractivity contribution < 1.29 is 0 Å². The zero-order valence-corrected chi connectivity index (χ0v) is 9.28. The molecule has 0 saturated carbocycles. The molecule has 2 rings (SSSR count). The van der Waals surface area contributed by atoms with Crippen molar-refractivity contribution in [2.75, 3.05) is 6.54 Å². The van der Waals surface area contributed by atoms with E-state index in [1.54, 1.807) is 11.3 Å². The van der Waals surface area contributed by atoms with E-state index in [9.17, 15) is 0 Å². The molecule has 1 unspecified atom stereocenters. The van der Waals surface area contributed by atoms with Gasteiger partial charge in [0.2, 0.25) is 0 Å². The molecule has 0 aliphatic rings. The molecule has 0 aliphatic heterocycles. The van der Waals surface area contributed by atoms with Crippen LogP contribution in [0.15, 0.2) is 41.9 Å². The fourth-order valence-electron chi connectivity index (χ4n) is 1.59. The molecule has 0 saturated heterocycles. The zero-order chi connectivity index (χ0) is 10.5. The lowest BCUT2D eigenvalue weighted by Gasteiger charge is -2.11. The molecule has 78 valence electrons.